The molecule has 21 heavy (non-hydrogen) atoms. The van der Waals surface area contributed by atoms with E-state index in [9.17, 15) is 10.1 Å². The van der Waals surface area contributed by atoms with E-state index in [1.165, 1.54) is 6.07 Å². The zero-order valence-electron chi connectivity index (χ0n) is 11.7. The van der Waals surface area contributed by atoms with Gasteiger partial charge in [0, 0.05) is 23.7 Å². The molecule has 0 amide bonds. The first-order valence-electron chi connectivity index (χ1n) is 6.85. The summed E-state index contributed by atoms with van der Waals surface area (Å²) in [7, 11) is 0. The number of nitrogens with one attached hydrogen (secondary N) is 1. The van der Waals surface area contributed by atoms with Gasteiger partial charge in [0.05, 0.1) is 11.0 Å². The van der Waals surface area contributed by atoms with Crippen molar-refractivity contribution < 1.29 is 9.66 Å². The van der Waals surface area contributed by atoms with Gasteiger partial charge in [0.25, 0.3) is 5.69 Å². The number of hydrogen-bond acceptors (Lipinski definition) is 4. The van der Waals surface area contributed by atoms with Crippen LogP contribution in [0.2, 0.25) is 0 Å². The van der Waals surface area contributed by atoms with Gasteiger partial charge in [-0.15, -0.1) is 0 Å². The quantitative estimate of drug-likeness (QED) is 0.692. The Morgan fingerprint density at radius 1 is 1.29 bits per heavy atom. The van der Waals surface area contributed by atoms with Gasteiger partial charge in [-0.1, -0.05) is 30.3 Å². The first kappa shape index (κ1) is 13.6. The Kier molecular flexibility index (Phi) is 3.58. The molecule has 0 aromatic heterocycles. The molecule has 0 saturated heterocycles. The third kappa shape index (κ3) is 2.60. The van der Waals surface area contributed by atoms with Crippen molar-refractivity contribution in [3.8, 4) is 5.75 Å². The van der Waals surface area contributed by atoms with Crippen LogP contribution in [0.5, 0.6) is 5.75 Å². The molecule has 0 aliphatic carbocycles. The molecule has 0 saturated carbocycles. The highest BCUT2D eigenvalue weighted by Crippen LogP contribution is 2.32. The standard InChI is InChI=1S/C16H16N2O3/c1-11-12(5-4-7-15(11)18(19)20)9-17-14-10-21-16-8-3-2-6-13(14)16/h2-8,14,17H,9-10H2,1H3. The molecular weight excluding hydrogens is 268 g/mol. The van der Waals surface area contributed by atoms with Crippen LogP contribution >= 0.6 is 0 Å². The van der Waals surface area contributed by atoms with E-state index >= 15 is 0 Å². The molecular formula is C16H16N2O3. The second-order valence-corrected chi connectivity index (χ2v) is 5.10. The van der Waals surface area contributed by atoms with Crippen molar-refractivity contribution in [1.29, 1.82) is 0 Å². The van der Waals surface area contributed by atoms with Gasteiger partial charge in [0.1, 0.15) is 12.4 Å². The third-order valence-electron chi connectivity index (χ3n) is 3.85. The minimum atomic E-state index is -0.340. The summed E-state index contributed by atoms with van der Waals surface area (Å²) in [5.41, 5.74) is 2.95. The van der Waals surface area contributed by atoms with Crippen LogP contribution in [0.4, 0.5) is 5.69 Å². The number of benzene rings is 2. The highest BCUT2D eigenvalue weighted by Gasteiger charge is 2.23. The normalized spacial score (nSPS) is 16.3. The third-order valence-corrected chi connectivity index (χ3v) is 3.85. The SMILES string of the molecule is Cc1c(CNC2COc3ccccc32)cccc1[N+](=O)[O-]. The van der Waals surface area contributed by atoms with Gasteiger partial charge in [-0.2, -0.15) is 0 Å². The van der Waals surface area contributed by atoms with Crippen LogP contribution in [0.3, 0.4) is 0 Å². The number of rotatable bonds is 4. The maximum absolute atomic E-state index is 11.0. The zero-order chi connectivity index (χ0) is 14.8. The summed E-state index contributed by atoms with van der Waals surface area (Å²) >= 11 is 0. The lowest BCUT2D eigenvalue weighted by Crippen LogP contribution is -2.22. The summed E-state index contributed by atoms with van der Waals surface area (Å²) in [4.78, 5) is 10.6. The molecule has 1 N–H and O–H groups in total. The maximum Gasteiger partial charge on any atom is 0.272 e. The minimum absolute atomic E-state index is 0.125. The van der Waals surface area contributed by atoms with E-state index in [0.29, 0.717) is 18.7 Å². The van der Waals surface area contributed by atoms with Gasteiger partial charge in [-0.25, -0.2) is 0 Å². The molecule has 3 rings (SSSR count). The molecule has 1 atom stereocenters. The molecule has 0 bridgehead atoms. The van der Waals surface area contributed by atoms with Crippen molar-refractivity contribution >= 4 is 5.69 Å². The van der Waals surface area contributed by atoms with Crippen molar-refractivity contribution in [3.05, 3.63) is 69.3 Å². The van der Waals surface area contributed by atoms with Crippen LogP contribution < -0.4 is 10.1 Å². The molecule has 2 aromatic rings. The summed E-state index contributed by atoms with van der Waals surface area (Å²) in [5.74, 6) is 0.908. The largest absolute Gasteiger partial charge is 0.491 e. The van der Waals surface area contributed by atoms with Crippen LogP contribution in [0.15, 0.2) is 42.5 Å². The van der Waals surface area contributed by atoms with Gasteiger partial charge in [0.15, 0.2) is 0 Å². The Morgan fingerprint density at radius 2 is 2.10 bits per heavy atom. The molecule has 108 valence electrons. The lowest BCUT2D eigenvalue weighted by atomic mass is 10.1. The number of nitro groups is 1. The predicted octanol–water partition coefficient (Wildman–Crippen LogP) is 3.13. The van der Waals surface area contributed by atoms with Gasteiger partial charge in [-0.05, 0) is 18.6 Å². The first-order valence-corrected chi connectivity index (χ1v) is 6.85. The Morgan fingerprint density at radius 3 is 2.90 bits per heavy atom. The molecule has 1 heterocycles. The fourth-order valence-corrected chi connectivity index (χ4v) is 2.62. The molecule has 5 heteroatoms. The molecule has 0 radical (unpaired) electrons. The molecule has 1 unspecified atom stereocenters. The Balaban J connectivity index is 1.75. The molecule has 2 aromatic carbocycles. The van der Waals surface area contributed by atoms with Crippen molar-refractivity contribution in [2.24, 2.45) is 0 Å². The Bertz CT molecular complexity index is 685. The molecule has 0 fully saturated rings. The van der Waals surface area contributed by atoms with E-state index in [4.69, 9.17) is 4.74 Å². The topological polar surface area (TPSA) is 64.4 Å². The molecule has 0 spiro atoms. The van der Waals surface area contributed by atoms with Crippen molar-refractivity contribution in [2.45, 2.75) is 19.5 Å². The molecule has 1 aliphatic rings. The summed E-state index contributed by atoms with van der Waals surface area (Å²) in [6, 6.07) is 13.2. The van der Waals surface area contributed by atoms with Gasteiger partial charge >= 0.3 is 0 Å². The fourth-order valence-electron chi connectivity index (χ4n) is 2.62. The maximum atomic E-state index is 11.0. The van der Waals surface area contributed by atoms with Crippen molar-refractivity contribution in [3.63, 3.8) is 0 Å². The number of para-hydroxylation sites is 1. The van der Waals surface area contributed by atoms with Crippen LogP contribution in [-0.4, -0.2) is 11.5 Å². The van der Waals surface area contributed by atoms with Gasteiger partial charge < -0.3 is 10.1 Å². The number of fused-ring (bicyclic) bond motifs is 1. The van der Waals surface area contributed by atoms with E-state index in [1.54, 1.807) is 13.0 Å². The second-order valence-electron chi connectivity index (χ2n) is 5.10. The van der Waals surface area contributed by atoms with E-state index in [2.05, 4.69) is 5.32 Å². The van der Waals surface area contributed by atoms with Crippen molar-refractivity contribution in [2.75, 3.05) is 6.61 Å². The highest BCUT2D eigenvalue weighted by atomic mass is 16.6. The molecule has 1 aliphatic heterocycles. The lowest BCUT2D eigenvalue weighted by molar-refractivity contribution is -0.385. The lowest BCUT2D eigenvalue weighted by Gasteiger charge is -2.13. The second kappa shape index (κ2) is 5.54. The minimum Gasteiger partial charge on any atom is -0.491 e. The van der Waals surface area contributed by atoms with Gasteiger partial charge in [-0.3, -0.25) is 10.1 Å². The van der Waals surface area contributed by atoms with Gasteiger partial charge in [0.2, 0.25) is 0 Å². The number of hydrogen-bond donors (Lipinski definition) is 1. The monoisotopic (exact) mass is 284 g/mol. The zero-order valence-corrected chi connectivity index (χ0v) is 11.7. The Labute approximate surface area is 122 Å². The number of nitro benzene ring substituents is 1. The average molecular weight is 284 g/mol. The van der Waals surface area contributed by atoms with E-state index in [-0.39, 0.29) is 16.7 Å². The van der Waals surface area contributed by atoms with Crippen LogP contribution in [-0.2, 0) is 6.54 Å². The van der Waals surface area contributed by atoms with Crippen LogP contribution in [0.1, 0.15) is 22.7 Å². The number of nitrogens with zero attached hydrogens (tertiary/aromatic N) is 1. The summed E-state index contributed by atoms with van der Waals surface area (Å²) in [5, 5.41) is 14.4. The highest BCUT2D eigenvalue weighted by molar-refractivity contribution is 5.45. The smallest absolute Gasteiger partial charge is 0.272 e. The van der Waals surface area contributed by atoms with Crippen LogP contribution in [0, 0.1) is 17.0 Å². The van der Waals surface area contributed by atoms with E-state index < -0.39 is 0 Å². The summed E-state index contributed by atoms with van der Waals surface area (Å²) in [6.07, 6.45) is 0. The fraction of sp³-hybridized carbons (Fsp3) is 0.250. The van der Waals surface area contributed by atoms with Crippen LogP contribution in [0.25, 0.3) is 0 Å². The Hall–Kier alpha value is -2.40. The predicted molar refractivity (Wildman–Crippen MR) is 79.4 cm³/mol. The first-order chi connectivity index (χ1) is 10.2. The molecule has 5 nitrogen and oxygen atoms in total. The average Bonchev–Trinajstić information content (AvgIpc) is 2.89. The van der Waals surface area contributed by atoms with E-state index in [1.807, 2.05) is 30.3 Å². The van der Waals surface area contributed by atoms with E-state index in [0.717, 1.165) is 16.9 Å². The van der Waals surface area contributed by atoms with Crippen molar-refractivity contribution in [1.82, 2.24) is 5.32 Å². The summed E-state index contributed by atoms with van der Waals surface area (Å²) in [6.45, 7) is 2.96. The summed E-state index contributed by atoms with van der Waals surface area (Å²) < 4.78 is 5.62. The number of ether oxygens (including phenoxy) is 1.